The summed E-state index contributed by atoms with van der Waals surface area (Å²) in [5.74, 6) is -0.776. The number of aliphatic hydroxyl groups excluding tert-OH is 1. The van der Waals surface area contributed by atoms with Crippen LogP contribution in [-0.4, -0.2) is 35.8 Å². The van der Waals surface area contributed by atoms with Crippen molar-refractivity contribution in [2.45, 2.75) is 51.4 Å². The standard InChI is InChI=1S/C18H28O4/c1-4-22-13(2)10-15-11-17(19)16(12-18(15,20)21-3)14-8-6-5-7-9-14/h6,8,10,12,14-15,17,19-20H,4-5,7,9,11H2,1-3H3/t14-,15+,17?,18?/m0/s1. The van der Waals surface area contributed by atoms with E-state index in [0.29, 0.717) is 13.0 Å². The smallest absolute Gasteiger partial charge is 0.191 e. The molecule has 0 saturated heterocycles. The molecule has 0 spiro atoms. The first kappa shape index (κ1) is 17.3. The van der Waals surface area contributed by atoms with Crippen LogP contribution in [0.2, 0.25) is 0 Å². The molecule has 0 aliphatic heterocycles. The summed E-state index contributed by atoms with van der Waals surface area (Å²) in [6.07, 6.45) is 10.9. The van der Waals surface area contributed by atoms with Crippen LogP contribution in [0.5, 0.6) is 0 Å². The summed E-state index contributed by atoms with van der Waals surface area (Å²) < 4.78 is 10.8. The van der Waals surface area contributed by atoms with Crippen LogP contribution >= 0.6 is 0 Å². The van der Waals surface area contributed by atoms with Gasteiger partial charge >= 0.3 is 0 Å². The van der Waals surface area contributed by atoms with E-state index in [0.717, 1.165) is 30.6 Å². The van der Waals surface area contributed by atoms with E-state index in [1.165, 1.54) is 7.11 Å². The minimum Gasteiger partial charge on any atom is -0.499 e. The van der Waals surface area contributed by atoms with Gasteiger partial charge in [-0.2, -0.15) is 0 Å². The van der Waals surface area contributed by atoms with Crippen LogP contribution in [-0.2, 0) is 9.47 Å². The molecule has 0 aromatic carbocycles. The van der Waals surface area contributed by atoms with Crippen LogP contribution in [0.4, 0.5) is 0 Å². The van der Waals surface area contributed by atoms with Gasteiger partial charge < -0.3 is 19.7 Å². The second-order valence-corrected chi connectivity index (χ2v) is 6.13. The van der Waals surface area contributed by atoms with Gasteiger partial charge in [0.1, 0.15) is 0 Å². The van der Waals surface area contributed by atoms with Crippen LogP contribution in [0.25, 0.3) is 0 Å². The summed E-state index contributed by atoms with van der Waals surface area (Å²) in [7, 11) is 1.50. The van der Waals surface area contributed by atoms with Crippen LogP contribution in [0, 0.1) is 11.8 Å². The Bertz CT molecular complexity index is 466. The fraction of sp³-hybridized carbons (Fsp3) is 0.667. The first-order valence-electron chi connectivity index (χ1n) is 8.16. The van der Waals surface area contributed by atoms with Gasteiger partial charge in [-0.25, -0.2) is 0 Å². The van der Waals surface area contributed by atoms with Gasteiger partial charge in [0.25, 0.3) is 0 Å². The molecular formula is C18H28O4. The van der Waals surface area contributed by atoms with E-state index in [1.807, 2.05) is 19.9 Å². The molecule has 0 radical (unpaired) electrons. The van der Waals surface area contributed by atoms with E-state index in [4.69, 9.17) is 9.47 Å². The van der Waals surface area contributed by atoms with Gasteiger partial charge in [0, 0.05) is 18.9 Å². The van der Waals surface area contributed by atoms with Gasteiger partial charge in [0.05, 0.1) is 18.5 Å². The SMILES string of the molecule is CCOC(C)=C[C@@H]1CC(O)C([C@H]2C=CCCC2)=CC1(O)OC. The maximum atomic E-state index is 10.8. The predicted octanol–water partition coefficient (Wildman–Crippen LogP) is 2.93. The minimum absolute atomic E-state index is 0.198. The Labute approximate surface area is 133 Å². The number of rotatable bonds is 5. The Hall–Kier alpha value is -1.10. The van der Waals surface area contributed by atoms with E-state index in [9.17, 15) is 10.2 Å². The Morgan fingerprint density at radius 3 is 2.86 bits per heavy atom. The average molecular weight is 308 g/mol. The van der Waals surface area contributed by atoms with Crippen molar-refractivity contribution in [1.29, 1.82) is 0 Å². The third-order valence-corrected chi connectivity index (χ3v) is 4.58. The number of aliphatic hydroxyl groups is 2. The monoisotopic (exact) mass is 308 g/mol. The maximum Gasteiger partial charge on any atom is 0.191 e. The summed E-state index contributed by atoms with van der Waals surface area (Å²) in [6, 6.07) is 0. The van der Waals surface area contributed by atoms with Crippen molar-refractivity contribution in [1.82, 2.24) is 0 Å². The van der Waals surface area contributed by atoms with Crippen molar-refractivity contribution in [3.8, 4) is 0 Å². The largest absolute Gasteiger partial charge is 0.499 e. The maximum absolute atomic E-state index is 10.8. The van der Waals surface area contributed by atoms with Crippen LogP contribution < -0.4 is 0 Å². The Morgan fingerprint density at radius 2 is 2.27 bits per heavy atom. The fourth-order valence-corrected chi connectivity index (χ4v) is 3.39. The lowest BCUT2D eigenvalue weighted by Crippen LogP contribution is -2.44. The third kappa shape index (κ3) is 3.80. The lowest BCUT2D eigenvalue weighted by molar-refractivity contribution is -0.184. The zero-order chi connectivity index (χ0) is 16.2. The van der Waals surface area contributed by atoms with Crippen molar-refractivity contribution >= 4 is 0 Å². The highest BCUT2D eigenvalue weighted by molar-refractivity contribution is 5.27. The summed E-state index contributed by atoms with van der Waals surface area (Å²) in [5, 5.41) is 21.4. The van der Waals surface area contributed by atoms with E-state index < -0.39 is 11.9 Å². The molecule has 2 rings (SSSR count). The van der Waals surface area contributed by atoms with Crippen molar-refractivity contribution in [2.75, 3.05) is 13.7 Å². The molecule has 2 unspecified atom stereocenters. The van der Waals surface area contributed by atoms with Crippen LogP contribution in [0.1, 0.15) is 39.5 Å². The predicted molar refractivity (Wildman–Crippen MR) is 86.0 cm³/mol. The van der Waals surface area contributed by atoms with Gasteiger partial charge in [0.2, 0.25) is 0 Å². The van der Waals surface area contributed by atoms with Crippen molar-refractivity contribution in [3.05, 3.63) is 35.6 Å². The summed E-state index contributed by atoms with van der Waals surface area (Å²) in [4.78, 5) is 0. The zero-order valence-electron chi connectivity index (χ0n) is 13.8. The molecule has 4 atom stereocenters. The Balaban J connectivity index is 2.27. The summed E-state index contributed by atoms with van der Waals surface area (Å²) in [5.41, 5.74) is 0.874. The van der Waals surface area contributed by atoms with Gasteiger partial charge in [-0.1, -0.05) is 12.2 Å². The molecule has 4 nitrogen and oxygen atoms in total. The first-order chi connectivity index (χ1) is 10.5. The first-order valence-corrected chi connectivity index (χ1v) is 8.16. The summed E-state index contributed by atoms with van der Waals surface area (Å²) in [6.45, 7) is 4.36. The average Bonchev–Trinajstić information content (AvgIpc) is 2.52. The topological polar surface area (TPSA) is 58.9 Å². The lowest BCUT2D eigenvalue weighted by atomic mass is 9.75. The van der Waals surface area contributed by atoms with Gasteiger partial charge in [-0.05, 0) is 57.3 Å². The quantitative estimate of drug-likeness (QED) is 0.466. The summed E-state index contributed by atoms with van der Waals surface area (Å²) >= 11 is 0. The minimum atomic E-state index is -1.39. The van der Waals surface area contributed by atoms with E-state index in [-0.39, 0.29) is 11.8 Å². The van der Waals surface area contributed by atoms with Crippen molar-refractivity contribution in [3.63, 3.8) is 0 Å². The zero-order valence-corrected chi connectivity index (χ0v) is 13.8. The Morgan fingerprint density at radius 1 is 1.50 bits per heavy atom. The number of hydrogen-bond donors (Lipinski definition) is 2. The molecule has 0 fully saturated rings. The second kappa shape index (κ2) is 7.44. The molecule has 124 valence electrons. The van der Waals surface area contributed by atoms with E-state index in [2.05, 4.69) is 12.2 Å². The molecule has 2 aliphatic carbocycles. The highest BCUT2D eigenvalue weighted by Gasteiger charge is 2.42. The molecule has 22 heavy (non-hydrogen) atoms. The molecule has 0 heterocycles. The molecule has 0 aromatic rings. The number of ether oxygens (including phenoxy) is 2. The van der Waals surface area contributed by atoms with Gasteiger partial charge in [-0.15, -0.1) is 0 Å². The van der Waals surface area contributed by atoms with Gasteiger partial charge in [0.15, 0.2) is 5.79 Å². The highest BCUT2D eigenvalue weighted by Crippen LogP contribution is 2.39. The van der Waals surface area contributed by atoms with E-state index >= 15 is 0 Å². The van der Waals surface area contributed by atoms with Gasteiger partial charge in [-0.3, -0.25) is 0 Å². The normalized spacial score (nSPS) is 36.1. The second-order valence-electron chi connectivity index (χ2n) is 6.13. The Kier molecular flexibility index (Phi) is 5.84. The number of methoxy groups -OCH3 is 1. The van der Waals surface area contributed by atoms with Crippen molar-refractivity contribution < 1.29 is 19.7 Å². The molecule has 0 bridgehead atoms. The fourth-order valence-electron chi connectivity index (χ4n) is 3.39. The molecule has 2 aliphatic rings. The molecule has 0 saturated carbocycles. The van der Waals surface area contributed by atoms with Crippen LogP contribution in [0.15, 0.2) is 35.6 Å². The number of hydrogen-bond acceptors (Lipinski definition) is 4. The number of allylic oxidation sites excluding steroid dienone is 3. The van der Waals surface area contributed by atoms with Crippen LogP contribution in [0.3, 0.4) is 0 Å². The molecule has 0 aromatic heterocycles. The molecule has 4 heteroatoms. The third-order valence-electron chi connectivity index (χ3n) is 4.58. The van der Waals surface area contributed by atoms with E-state index in [1.54, 1.807) is 6.08 Å². The lowest BCUT2D eigenvalue weighted by Gasteiger charge is -2.39. The molecule has 0 amide bonds. The molecule has 2 N–H and O–H groups in total. The highest BCUT2D eigenvalue weighted by atomic mass is 16.6. The van der Waals surface area contributed by atoms with Crippen molar-refractivity contribution in [2.24, 2.45) is 11.8 Å². The molecular weight excluding hydrogens is 280 g/mol.